The molecule has 0 aliphatic rings. The van der Waals surface area contributed by atoms with Gasteiger partial charge in [0.1, 0.15) is 29.4 Å². The fourth-order valence-corrected chi connectivity index (χ4v) is 4.40. The first-order valence-electron chi connectivity index (χ1n) is 10.8. The molecule has 0 radical (unpaired) electrons. The second-order valence-corrected chi connectivity index (χ2v) is 8.74. The van der Waals surface area contributed by atoms with Gasteiger partial charge in [-0.25, -0.2) is 23.1 Å². The van der Waals surface area contributed by atoms with Crippen molar-refractivity contribution >= 4 is 46.0 Å². The van der Waals surface area contributed by atoms with E-state index in [9.17, 15) is 13.6 Å². The number of benzene rings is 3. The van der Waals surface area contributed by atoms with Gasteiger partial charge in [0.25, 0.3) is 0 Å². The van der Waals surface area contributed by atoms with E-state index in [2.05, 4.69) is 25.0 Å². The number of hydrogen-bond acceptors (Lipinski definition) is 6. The zero-order valence-electron chi connectivity index (χ0n) is 18.8. The van der Waals surface area contributed by atoms with E-state index in [-0.39, 0.29) is 16.1 Å². The summed E-state index contributed by atoms with van der Waals surface area (Å²) in [6.45, 7) is 1.93. The minimum atomic E-state index is -1.09. The molecule has 0 aliphatic carbocycles. The first kappa shape index (κ1) is 23.4. The van der Waals surface area contributed by atoms with E-state index in [0.717, 1.165) is 35.3 Å². The number of carbonyl (C=O) groups is 1. The molecule has 0 bridgehead atoms. The maximum Gasteiger partial charge on any atom is 0.201 e. The highest BCUT2D eigenvalue weighted by atomic mass is 32.2. The molecule has 2 heterocycles. The van der Waals surface area contributed by atoms with Crippen LogP contribution in [0, 0.1) is 24.4 Å². The number of fused-ring (bicyclic) bond motifs is 1. The molecule has 3 aromatic carbocycles. The lowest BCUT2D eigenvalue weighted by Crippen LogP contribution is -2.10. The molecule has 3 N–H and O–H groups in total. The summed E-state index contributed by atoms with van der Waals surface area (Å²) in [5.41, 5.74) is 1.15. The normalized spacial score (nSPS) is 11.0. The molecule has 5 rings (SSSR count). The van der Waals surface area contributed by atoms with E-state index < -0.39 is 28.8 Å². The number of nitrogens with zero attached hydrogens (tertiary/aromatic N) is 2. The first-order valence-corrected chi connectivity index (χ1v) is 11.6. The number of aryl methyl sites for hydroxylation is 1. The molecule has 5 aromatic rings. The van der Waals surface area contributed by atoms with Crippen LogP contribution in [0.4, 0.5) is 30.4 Å². The molecule has 36 heavy (non-hydrogen) atoms. The Morgan fingerprint density at radius 3 is 2.61 bits per heavy atom. The second-order valence-electron chi connectivity index (χ2n) is 7.89. The van der Waals surface area contributed by atoms with Crippen LogP contribution in [0.3, 0.4) is 0 Å². The maximum absolute atomic E-state index is 15.4. The Hall–Kier alpha value is -4.31. The molecule has 0 fully saturated rings. The zero-order chi connectivity index (χ0) is 25.2. The van der Waals surface area contributed by atoms with Gasteiger partial charge in [-0.15, -0.1) is 0 Å². The predicted octanol–water partition coefficient (Wildman–Crippen LogP) is 6.78. The molecule has 0 atom stereocenters. The number of hydrogen-bond donors (Lipinski definition) is 3. The van der Waals surface area contributed by atoms with Crippen LogP contribution in [-0.4, -0.2) is 20.7 Å². The number of nitrogens with one attached hydrogen (secondary N) is 3. The summed E-state index contributed by atoms with van der Waals surface area (Å²) in [4.78, 5) is 24.9. The third kappa shape index (κ3) is 4.50. The van der Waals surface area contributed by atoms with Crippen LogP contribution in [0.5, 0.6) is 0 Å². The van der Waals surface area contributed by atoms with E-state index in [1.807, 2.05) is 31.2 Å². The van der Waals surface area contributed by atoms with Gasteiger partial charge in [-0.2, -0.15) is 0 Å². The highest BCUT2D eigenvalue weighted by Crippen LogP contribution is 2.32. The van der Waals surface area contributed by atoms with Gasteiger partial charge >= 0.3 is 0 Å². The van der Waals surface area contributed by atoms with Crippen molar-refractivity contribution < 1.29 is 18.0 Å². The fourth-order valence-electron chi connectivity index (χ4n) is 3.71. The standard InChI is InChI=1S/C26H18F3N5OS/c1-14-5-4-6-15(11-14)33-26-21-16(12-30-25(21)31-13-32-26)24(35)22-18(28)9-10-19(23(22)29)34-36-20-8-3-2-7-17(20)27/h2-13,34H,1H3,(H2,30,31,32,33). The largest absolute Gasteiger partial charge is 0.345 e. The number of aromatic amines is 1. The van der Waals surface area contributed by atoms with E-state index in [1.54, 1.807) is 6.07 Å². The van der Waals surface area contributed by atoms with Crippen molar-refractivity contribution in [2.45, 2.75) is 11.8 Å². The van der Waals surface area contributed by atoms with E-state index in [0.29, 0.717) is 16.9 Å². The molecule has 0 spiro atoms. The molecule has 0 unspecified atom stereocenters. The van der Waals surface area contributed by atoms with Gasteiger partial charge in [0.15, 0.2) is 5.82 Å². The molecular formula is C26H18F3N5OS. The highest BCUT2D eigenvalue weighted by molar-refractivity contribution is 8.00. The van der Waals surface area contributed by atoms with Crippen LogP contribution in [0.25, 0.3) is 11.0 Å². The number of H-pyrrole nitrogens is 1. The van der Waals surface area contributed by atoms with Gasteiger partial charge in [0.2, 0.25) is 5.78 Å². The Balaban J connectivity index is 1.51. The Morgan fingerprint density at radius 2 is 1.81 bits per heavy atom. The average Bonchev–Trinajstić information content (AvgIpc) is 3.30. The van der Waals surface area contributed by atoms with Gasteiger partial charge in [0.05, 0.1) is 27.1 Å². The summed E-state index contributed by atoms with van der Waals surface area (Å²) in [6, 6.07) is 15.6. The number of anilines is 3. The molecule has 2 aromatic heterocycles. The molecule has 0 aliphatic heterocycles. The first-order chi connectivity index (χ1) is 17.4. The van der Waals surface area contributed by atoms with Gasteiger partial charge in [-0.3, -0.25) is 4.79 Å². The number of rotatable bonds is 7. The Morgan fingerprint density at radius 1 is 0.972 bits per heavy atom. The lowest BCUT2D eigenvalue weighted by atomic mass is 10.0. The summed E-state index contributed by atoms with van der Waals surface area (Å²) in [5.74, 6) is -3.21. The Kier molecular flexibility index (Phi) is 6.34. The second kappa shape index (κ2) is 9.74. The number of aromatic nitrogens is 3. The monoisotopic (exact) mass is 505 g/mol. The van der Waals surface area contributed by atoms with Crippen molar-refractivity contribution in [2.75, 3.05) is 10.0 Å². The maximum atomic E-state index is 15.4. The average molecular weight is 506 g/mol. The van der Waals surface area contributed by atoms with E-state index in [4.69, 9.17) is 0 Å². The molecule has 0 saturated heterocycles. The van der Waals surface area contributed by atoms with Gasteiger partial charge in [-0.05, 0) is 60.8 Å². The molecule has 0 saturated carbocycles. The van der Waals surface area contributed by atoms with Gasteiger partial charge in [-0.1, -0.05) is 24.3 Å². The van der Waals surface area contributed by atoms with E-state index in [1.165, 1.54) is 30.7 Å². The summed E-state index contributed by atoms with van der Waals surface area (Å²) in [5, 5.41) is 3.44. The van der Waals surface area contributed by atoms with Crippen molar-refractivity contribution in [1.29, 1.82) is 0 Å². The lowest BCUT2D eigenvalue weighted by Gasteiger charge is -2.12. The number of carbonyl (C=O) groups excluding carboxylic acids is 1. The van der Waals surface area contributed by atoms with Crippen molar-refractivity contribution in [3.05, 3.63) is 107 Å². The summed E-state index contributed by atoms with van der Waals surface area (Å²) >= 11 is 0.811. The SMILES string of the molecule is Cc1cccc(Nc2ncnc3[nH]cc(C(=O)c4c(F)ccc(NSc5ccccc5F)c4F)c23)c1. The predicted molar refractivity (Wildman–Crippen MR) is 134 cm³/mol. The summed E-state index contributed by atoms with van der Waals surface area (Å²) in [6.07, 6.45) is 2.66. The quantitative estimate of drug-likeness (QED) is 0.167. The summed E-state index contributed by atoms with van der Waals surface area (Å²) in [7, 11) is 0. The van der Waals surface area contributed by atoms with Crippen molar-refractivity contribution in [1.82, 2.24) is 15.0 Å². The van der Waals surface area contributed by atoms with Gasteiger partial charge in [0, 0.05) is 11.9 Å². The third-order valence-corrected chi connectivity index (χ3v) is 6.29. The Labute approximate surface area is 208 Å². The fraction of sp³-hybridized carbons (Fsp3) is 0.0385. The molecule has 6 nitrogen and oxygen atoms in total. The molecule has 10 heteroatoms. The topological polar surface area (TPSA) is 82.7 Å². The minimum Gasteiger partial charge on any atom is -0.345 e. The smallest absolute Gasteiger partial charge is 0.201 e. The van der Waals surface area contributed by atoms with Crippen LogP contribution in [0.2, 0.25) is 0 Å². The lowest BCUT2D eigenvalue weighted by molar-refractivity contribution is 0.103. The van der Waals surface area contributed by atoms with Crippen LogP contribution in [0.1, 0.15) is 21.5 Å². The van der Waals surface area contributed by atoms with Crippen LogP contribution >= 0.6 is 11.9 Å². The van der Waals surface area contributed by atoms with E-state index >= 15 is 4.39 Å². The van der Waals surface area contributed by atoms with Crippen LogP contribution in [-0.2, 0) is 0 Å². The van der Waals surface area contributed by atoms with Crippen molar-refractivity contribution in [2.24, 2.45) is 0 Å². The zero-order valence-corrected chi connectivity index (χ0v) is 19.6. The Bertz CT molecular complexity index is 1600. The van der Waals surface area contributed by atoms with Crippen molar-refractivity contribution in [3.63, 3.8) is 0 Å². The minimum absolute atomic E-state index is 0.00235. The molecular weight excluding hydrogens is 487 g/mol. The highest BCUT2D eigenvalue weighted by Gasteiger charge is 2.26. The number of halogens is 3. The number of ketones is 1. The molecule has 180 valence electrons. The van der Waals surface area contributed by atoms with Crippen LogP contribution in [0.15, 0.2) is 78.1 Å². The molecule has 0 amide bonds. The van der Waals surface area contributed by atoms with Crippen LogP contribution < -0.4 is 10.0 Å². The van der Waals surface area contributed by atoms with Crippen molar-refractivity contribution in [3.8, 4) is 0 Å². The summed E-state index contributed by atoms with van der Waals surface area (Å²) < 4.78 is 46.8. The third-order valence-electron chi connectivity index (χ3n) is 5.42. The van der Waals surface area contributed by atoms with Gasteiger partial charge < -0.3 is 15.0 Å².